The van der Waals surface area contributed by atoms with Gasteiger partial charge in [0.1, 0.15) is 5.82 Å². The highest BCUT2D eigenvalue weighted by molar-refractivity contribution is 5.96. The molecule has 1 saturated carbocycles. The van der Waals surface area contributed by atoms with Crippen molar-refractivity contribution in [1.29, 1.82) is 0 Å². The number of fused-ring (bicyclic) bond motifs is 1. The fraction of sp³-hybridized carbons (Fsp3) is 0.290. The van der Waals surface area contributed by atoms with E-state index in [2.05, 4.69) is 44.9 Å². The maximum atomic E-state index is 13.5. The Morgan fingerprint density at radius 2 is 1.62 bits per heavy atom. The molecule has 0 radical (unpaired) electrons. The number of carbonyl (C=O) groups is 1. The molecule has 1 aliphatic rings. The molecule has 1 amide bonds. The van der Waals surface area contributed by atoms with Crippen LogP contribution in [0.3, 0.4) is 0 Å². The van der Waals surface area contributed by atoms with Gasteiger partial charge in [0.15, 0.2) is 5.96 Å². The minimum Gasteiger partial charge on any atom is -0.370 e. The number of benzene rings is 3. The Hall–Kier alpha value is -4.46. The molecule has 2 atom stereocenters. The lowest BCUT2D eigenvalue weighted by Gasteiger charge is -2.30. The Kier molecular flexibility index (Phi) is 8.01. The topological polar surface area (TPSA) is 131 Å². The molecule has 1 aromatic heterocycles. The summed E-state index contributed by atoms with van der Waals surface area (Å²) in [5.41, 5.74) is 15.5. The van der Waals surface area contributed by atoms with E-state index >= 15 is 0 Å². The van der Waals surface area contributed by atoms with Crippen LogP contribution in [-0.4, -0.2) is 40.5 Å². The number of nitrogens with zero attached hydrogens (tertiary/aromatic N) is 3. The first-order valence-electron chi connectivity index (χ1n) is 13.5. The number of anilines is 1. The van der Waals surface area contributed by atoms with Crippen molar-refractivity contribution in [2.75, 3.05) is 11.9 Å². The SMILES string of the molecule is Cc1ccc2nc(C(=O)NCC(c3ccccc3)c3ccccc3)nc(NC3CCCCC3N=C(N)N)c2c1. The number of rotatable bonds is 8. The zero-order chi connectivity index (χ0) is 27.2. The van der Waals surface area contributed by atoms with E-state index in [0.717, 1.165) is 47.8 Å². The van der Waals surface area contributed by atoms with Gasteiger partial charge in [0.25, 0.3) is 5.91 Å². The molecule has 1 heterocycles. The van der Waals surface area contributed by atoms with Gasteiger partial charge < -0.3 is 22.1 Å². The lowest BCUT2D eigenvalue weighted by Crippen LogP contribution is -2.38. The van der Waals surface area contributed by atoms with Crippen molar-refractivity contribution in [3.63, 3.8) is 0 Å². The van der Waals surface area contributed by atoms with Gasteiger partial charge in [-0.25, -0.2) is 15.0 Å². The molecule has 0 spiro atoms. The van der Waals surface area contributed by atoms with Crippen LogP contribution >= 0.6 is 0 Å². The van der Waals surface area contributed by atoms with Crippen LogP contribution in [-0.2, 0) is 0 Å². The molecule has 1 aliphatic carbocycles. The average molecular weight is 522 g/mol. The van der Waals surface area contributed by atoms with Crippen LogP contribution in [0.4, 0.5) is 5.82 Å². The summed E-state index contributed by atoms with van der Waals surface area (Å²) < 4.78 is 0. The number of carbonyl (C=O) groups excluding carboxylic acids is 1. The molecule has 5 rings (SSSR count). The lowest BCUT2D eigenvalue weighted by molar-refractivity contribution is 0.0942. The average Bonchev–Trinajstić information content (AvgIpc) is 2.95. The summed E-state index contributed by atoms with van der Waals surface area (Å²) >= 11 is 0. The summed E-state index contributed by atoms with van der Waals surface area (Å²) in [5, 5.41) is 7.53. The Morgan fingerprint density at radius 3 is 2.28 bits per heavy atom. The number of amides is 1. The maximum absolute atomic E-state index is 13.5. The van der Waals surface area contributed by atoms with E-state index in [0.29, 0.717) is 17.9 Å². The van der Waals surface area contributed by atoms with E-state index in [9.17, 15) is 4.79 Å². The van der Waals surface area contributed by atoms with Gasteiger partial charge in [-0.1, -0.05) is 85.1 Å². The van der Waals surface area contributed by atoms with E-state index < -0.39 is 0 Å². The second-order valence-electron chi connectivity index (χ2n) is 10.2. The van der Waals surface area contributed by atoms with Gasteiger partial charge in [0.2, 0.25) is 5.82 Å². The molecule has 3 aromatic carbocycles. The zero-order valence-electron chi connectivity index (χ0n) is 22.2. The van der Waals surface area contributed by atoms with Crippen LogP contribution in [0.5, 0.6) is 0 Å². The fourth-order valence-electron chi connectivity index (χ4n) is 5.33. The minimum absolute atomic E-state index is 0.000341. The highest BCUT2D eigenvalue weighted by Crippen LogP contribution is 2.28. The molecule has 4 aromatic rings. The Labute approximate surface area is 229 Å². The van der Waals surface area contributed by atoms with Crippen molar-refractivity contribution >= 4 is 28.6 Å². The van der Waals surface area contributed by atoms with Crippen LogP contribution in [0.1, 0.15) is 58.9 Å². The molecule has 8 nitrogen and oxygen atoms in total. The zero-order valence-corrected chi connectivity index (χ0v) is 22.2. The fourth-order valence-corrected chi connectivity index (χ4v) is 5.33. The third-order valence-electron chi connectivity index (χ3n) is 7.29. The number of hydrogen-bond acceptors (Lipinski definition) is 5. The second-order valence-corrected chi connectivity index (χ2v) is 10.2. The molecule has 1 fully saturated rings. The molecule has 0 saturated heterocycles. The molecule has 200 valence electrons. The highest BCUT2D eigenvalue weighted by atomic mass is 16.2. The standard InChI is InChI=1S/C31H35N7O/c1-20-16-17-25-23(18-20)28(36-26-14-8-9-15-27(26)37-31(32)33)38-29(35-25)30(39)34-19-24(21-10-4-2-5-11-21)22-12-6-3-7-13-22/h2-7,10-13,16-18,24,26-27H,8-9,14-15,19H2,1H3,(H,34,39)(H4,32,33,37)(H,35,36,38). The van der Waals surface area contributed by atoms with E-state index in [-0.39, 0.29) is 35.7 Å². The number of aliphatic imine (C=N–C) groups is 1. The first kappa shape index (κ1) is 26.2. The number of nitrogens with two attached hydrogens (primary N) is 2. The number of aryl methyl sites for hydroxylation is 1. The van der Waals surface area contributed by atoms with Gasteiger partial charge in [-0.3, -0.25) is 4.79 Å². The largest absolute Gasteiger partial charge is 0.370 e. The quantitative estimate of drug-likeness (QED) is 0.199. The molecule has 0 bridgehead atoms. The van der Waals surface area contributed by atoms with Crippen LogP contribution in [0.25, 0.3) is 10.9 Å². The third kappa shape index (κ3) is 6.34. The van der Waals surface area contributed by atoms with Gasteiger partial charge in [0.05, 0.1) is 17.6 Å². The lowest BCUT2D eigenvalue weighted by atomic mass is 9.90. The van der Waals surface area contributed by atoms with Crippen molar-refractivity contribution in [2.45, 2.75) is 50.6 Å². The van der Waals surface area contributed by atoms with E-state index in [1.807, 2.05) is 61.5 Å². The number of hydrogen-bond donors (Lipinski definition) is 4. The second kappa shape index (κ2) is 11.9. The van der Waals surface area contributed by atoms with Crippen molar-refractivity contribution in [1.82, 2.24) is 15.3 Å². The molecular weight excluding hydrogens is 486 g/mol. The molecular formula is C31H35N7O. The summed E-state index contributed by atoms with van der Waals surface area (Å²) in [6.45, 7) is 2.44. The van der Waals surface area contributed by atoms with Crippen molar-refractivity contribution in [3.05, 3.63) is 101 Å². The van der Waals surface area contributed by atoms with E-state index in [4.69, 9.17) is 16.5 Å². The Bertz CT molecular complexity index is 1410. The molecule has 8 heteroatoms. The third-order valence-corrected chi connectivity index (χ3v) is 7.29. The first-order chi connectivity index (χ1) is 19.0. The Morgan fingerprint density at radius 1 is 0.949 bits per heavy atom. The molecule has 2 unspecified atom stereocenters. The highest BCUT2D eigenvalue weighted by Gasteiger charge is 2.27. The predicted molar refractivity (Wildman–Crippen MR) is 157 cm³/mol. The summed E-state index contributed by atoms with van der Waals surface area (Å²) in [7, 11) is 0. The summed E-state index contributed by atoms with van der Waals surface area (Å²) in [6, 6.07) is 26.3. The van der Waals surface area contributed by atoms with Crippen LogP contribution < -0.4 is 22.1 Å². The van der Waals surface area contributed by atoms with Gasteiger partial charge in [-0.05, 0) is 43.0 Å². The van der Waals surface area contributed by atoms with E-state index in [1.165, 1.54) is 0 Å². The maximum Gasteiger partial charge on any atom is 0.289 e. The molecule has 39 heavy (non-hydrogen) atoms. The molecule has 6 N–H and O–H groups in total. The summed E-state index contributed by atoms with van der Waals surface area (Å²) in [5.74, 6) is 0.520. The normalized spacial score (nSPS) is 17.1. The van der Waals surface area contributed by atoms with Gasteiger partial charge in [0, 0.05) is 17.8 Å². The van der Waals surface area contributed by atoms with E-state index in [1.54, 1.807) is 0 Å². The minimum atomic E-state index is -0.318. The number of aromatic nitrogens is 2. The van der Waals surface area contributed by atoms with Crippen LogP contribution in [0.15, 0.2) is 83.9 Å². The Balaban J connectivity index is 1.43. The van der Waals surface area contributed by atoms with Crippen LogP contribution in [0.2, 0.25) is 0 Å². The monoisotopic (exact) mass is 521 g/mol. The van der Waals surface area contributed by atoms with Crippen molar-refractivity contribution < 1.29 is 4.79 Å². The van der Waals surface area contributed by atoms with Gasteiger partial charge in [-0.2, -0.15) is 0 Å². The first-order valence-corrected chi connectivity index (χ1v) is 13.5. The predicted octanol–water partition coefficient (Wildman–Crippen LogP) is 4.50. The smallest absolute Gasteiger partial charge is 0.289 e. The van der Waals surface area contributed by atoms with Gasteiger partial charge in [-0.15, -0.1) is 0 Å². The number of nitrogens with one attached hydrogen (secondary N) is 2. The summed E-state index contributed by atoms with van der Waals surface area (Å²) in [6.07, 6.45) is 3.95. The number of guanidine groups is 1. The van der Waals surface area contributed by atoms with Crippen LogP contribution in [0, 0.1) is 6.92 Å². The van der Waals surface area contributed by atoms with Crippen molar-refractivity contribution in [3.8, 4) is 0 Å². The van der Waals surface area contributed by atoms with Gasteiger partial charge >= 0.3 is 0 Å². The summed E-state index contributed by atoms with van der Waals surface area (Å²) in [4.78, 5) is 27.3. The molecule has 0 aliphatic heterocycles. The van der Waals surface area contributed by atoms with Crippen molar-refractivity contribution in [2.24, 2.45) is 16.5 Å².